The zero-order chi connectivity index (χ0) is 16.1. The van der Waals surface area contributed by atoms with Gasteiger partial charge in [-0.2, -0.15) is 0 Å². The van der Waals surface area contributed by atoms with Gasteiger partial charge < -0.3 is 19.7 Å². The summed E-state index contributed by atoms with van der Waals surface area (Å²) in [6, 6.07) is 9.82. The molecule has 1 aromatic carbocycles. The van der Waals surface area contributed by atoms with Crippen molar-refractivity contribution in [1.82, 2.24) is 9.97 Å². The molecule has 23 heavy (non-hydrogen) atoms. The molecule has 2 heterocycles. The molecule has 6 nitrogen and oxygen atoms in total. The molecule has 122 valence electrons. The zero-order valence-electron chi connectivity index (χ0n) is 13.5. The Morgan fingerprint density at radius 2 is 1.87 bits per heavy atom. The summed E-state index contributed by atoms with van der Waals surface area (Å²) in [5, 5.41) is 3.30. The van der Waals surface area contributed by atoms with Crippen molar-refractivity contribution in [2.24, 2.45) is 0 Å². The van der Waals surface area contributed by atoms with E-state index in [4.69, 9.17) is 9.47 Å². The van der Waals surface area contributed by atoms with E-state index in [0.29, 0.717) is 0 Å². The number of ether oxygens (including phenoxy) is 2. The lowest BCUT2D eigenvalue weighted by atomic mass is 10.3. The minimum atomic E-state index is 0.173. The first-order valence-electron chi connectivity index (χ1n) is 7.89. The predicted octanol–water partition coefficient (Wildman–Crippen LogP) is 2.84. The number of morpholine rings is 1. The third-order valence-corrected chi connectivity index (χ3v) is 3.49. The van der Waals surface area contributed by atoms with E-state index in [1.807, 2.05) is 44.2 Å². The molecule has 0 saturated carbocycles. The maximum atomic E-state index is 5.65. The van der Waals surface area contributed by atoms with Crippen LogP contribution in [0.3, 0.4) is 0 Å². The third kappa shape index (κ3) is 4.32. The van der Waals surface area contributed by atoms with Gasteiger partial charge in [0.2, 0.25) is 0 Å². The molecular weight excluding hydrogens is 292 g/mol. The first-order valence-corrected chi connectivity index (χ1v) is 7.89. The summed E-state index contributed by atoms with van der Waals surface area (Å²) in [7, 11) is 0. The molecule has 0 aliphatic carbocycles. The van der Waals surface area contributed by atoms with Gasteiger partial charge >= 0.3 is 0 Å². The lowest BCUT2D eigenvalue weighted by molar-refractivity contribution is 0.122. The van der Waals surface area contributed by atoms with Crippen LogP contribution in [0.5, 0.6) is 5.75 Å². The van der Waals surface area contributed by atoms with Crippen molar-refractivity contribution in [3.8, 4) is 5.75 Å². The van der Waals surface area contributed by atoms with E-state index in [2.05, 4.69) is 20.2 Å². The van der Waals surface area contributed by atoms with Gasteiger partial charge in [-0.05, 0) is 38.1 Å². The van der Waals surface area contributed by atoms with Crippen LogP contribution < -0.4 is 15.0 Å². The number of hydrogen-bond acceptors (Lipinski definition) is 6. The van der Waals surface area contributed by atoms with E-state index < -0.39 is 0 Å². The van der Waals surface area contributed by atoms with Crippen molar-refractivity contribution in [3.63, 3.8) is 0 Å². The summed E-state index contributed by atoms with van der Waals surface area (Å²) in [6.45, 7) is 7.23. The molecule has 0 amide bonds. The van der Waals surface area contributed by atoms with Crippen LogP contribution in [-0.2, 0) is 4.74 Å². The molecule has 1 fully saturated rings. The smallest absolute Gasteiger partial charge is 0.135 e. The van der Waals surface area contributed by atoms with E-state index in [0.717, 1.165) is 49.4 Å². The molecule has 1 N–H and O–H groups in total. The van der Waals surface area contributed by atoms with Crippen LogP contribution >= 0.6 is 0 Å². The molecule has 6 heteroatoms. The molecule has 2 aromatic rings. The third-order valence-electron chi connectivity index (χ3n) is 3.49. The first kappa shape index (κ1) is 15.6. The maximum Gasteiger partial charge on any atom is 0.135 e. The molecule has 1 aromatic heterocycles. The van der Waals surface area contributed by atoms with Gasteiger partial charge in [-0.25, -0.2) is 9.97 Å². The average molecular weight is 314 g/mol. The fourth-order valence-corrected chi connectivity index (χ4v) is 2.42. The summed E-state index contributed by atoms with van der Waals surface area (Å²) in [5.41, 5.74) is 0.965. The minimum Gasteiger partial charge on any atom is -0.491 e. The molecule has 1 aliphatic rings. The Morgan fingerprint density at radius 1 is 1.13 bits per heavy atom. The molecular formula is C17H22N4O2. The molecule has 0 spiro atoms. The maximum absolute atomic E-state index is 5.65. The highest BCUT2D eigenvalue weighted by Gasteiger charge is 2.13. The number of hydrogen-bond donors (Lipinski definition) is 1. The molecule has 1 aliphatic heterocycles. The molecule has 0 atom stereocenters. The van der Waals surface area contributed by atoms with Gasteiger partial charge in [0, 0.05) is 24.8 Å². The lowest BCUT2D eigenvalue weighted by Gasteiger charge is -2.27. The molecule has 0 unspecified atom stereocenters. The van der Waals surface area contributed by atoms with Gasteiger partial charge in [-0.15, -0.1) is 0 Å². The number of nitrogens with one attached hydrogen (secondary N) is 1. The van der Waals surface area contributed by atoms with Crippen molar-refractivity contribution < 1.29 is 9.47 Å². The highest BCUT2D eigenvalue weighted by atomic mass is 16.5. The normalized spacial score (nSPS) is 14.8. The van der Waals surface area contributed by atoms with Crippen LogP contribution in [0.1, 0.15) is 13.8 Å². The Morgan fingerprint density at radius 3 is 2.57 bits per heavy atom. The van der Waals surface area contributed by atoms with Crippen molar-refractivity contribution in [2.45, 2.75) is 20.0 Å². The Balaban J connectivity index is 1.67. The summed E-state index contributed by atoms with van der Waals surface area (Å²) in [4.78, 5) is 10.8. The Kier molecular flexibility index (Phi) is 4.92. The Hall–Kier alpha value is -2.34. The fourth-order valence-electron chi connectivity index (χ4n) is 2.42. The van der Waals surface area contributed by atoms with Gasteiger partial charge in [0.05, 0.1) is 19.3 Å². The van der Waals surface area contributed by atoms with Crippen molar-refractivity contribution >= 4 is 17.3 Å². The number of nitrogens with zero attached hydrogens (tertiary/aromatic N) is 3. The van der Waals surface area contributed by atoms with Gasteiger partial charge in [0.25, 0.3) is 0 Å². The van der Waals surface area contributed by atoms with E-state index >= 15 is 0 Å². The summed E-state index contributed by atoms with van der Waals surface area (Å²) >= 11 is 0. The second kappa shape index (κ2) is 7.28. The van der Waals surface area contributed by atoms with E-state index in [-0.39, 0.29) is 6.10 Å². The second-order valence-electron chi connectivity index (χ2n) is 5.68. The highest BCUT2D eigenvalue weighted by Crippen LogP contribution is 2.22. The van der Waals surface area contributed by atoms with Crippen LogP contribution in [-0.4, -0.2) is 42.4 Å². The van der Waals surface area contributed by atoms with Crippen LogP contribution in [0.15, 0.2) is 36.7 Å². The monoisotopic (exact) mass is 314 g/mol. The highest BCUT2D eigenvalue weighted by molar-refractivity contribution is 5.60. The van der Waals surface area contributed by atoms with Crippen molar-refractivity contribution in [1.29, 1.82) is 0 Å². The van der Waals surface area contributed by atoms with Crippen molar-refractivity contribution in [3.05, 3.63) is 36.7 Å². The Labute approximate surface area is 136 Å². The zero-order valence-corrected chi connectivity index (χ0v) is 13.5. The second-order valence-corrected chi connectivity index (χ2v) is 5.68. The largest absolute Gasteiger partial charge is 0.491 e. The molecule has 3 rings (SSSR count). The molecule has 0 radical (unpaired) electrons. The van der Waals surface area contributed by atoms with Crippen LogP contribution in [0, 0.1) is 0 Å². The average Bonchev–Trinajstić information content (AvgIpc) is 2.57. The van der Waals surface area contributed by atoms with Gasteiger partial charge in [0.1, 0.15) is 23.7 Å². The lowest BCUT2D eigenvalue weighted by Crippen LogP contribution is -2.36. The first-order chi connectivity index (χ1) is 11.2. The summed E-state index contributed by atoms with van der Waals surface area (Å²) in [6.07, 6.45) is 1.76. The molecule has 1 saturated heterocycles. The van der Waals surface area contributed by atoms with Crippen LogP contribution in [0.2, 0.25) is 0 Å². The fraction of sp³-hybridized carbons (Fsp3) is 0.412. The Bertz CT molecular complexity index is 625. The molecule has 0 bridgehead atoms. The number of anilines is 3. The topological polar surface area (TPSA) is 59.5 Å². The number of aromatic nitrogens is 2. The van der Waals surface area contributed by atoms with Crippen molar-refractivity contribution in [2.75, 3.05) is 36.5 Å². The van der Waals surface area contributed by atoms with E-state index in [9.17, 15) is 0 Å². The predicted molar refractivity (Wildman–Crippen MR) is 90.6 cm³/mol. The summed E-state index contributed by atoms with van der Waals surface area (Å²) < 4.78 is 11.0. The van der Waals surface area contributed by atoms with E-state index in [1.165, 1.54) is 0 Å². The SMILES string of the molecule is CC(C)Oc1ccc(Nc2cc(N3CCOCC3)ncn2)cc1. The van der Waals surface area contributed by atoms with Gasteiger partial charge in [-0.3, -0.25) is 0 Å². The van der Waals surface area contributed by atoms with Crippen LogP contribution in [0.25, 0.3) is 0 Å². The minimum absolute atomic E-state index is 0.173. The van der Waals surface area contributed by atoms with Gasteiger partial charge in [-0.1, -0.05) is 0 Å². The number of rotatable bonds is 5. The van der Waals surface area contributed by atoms with Crippen LogP contribution in [0.4, 0.5) is 17.3 Å². The van der Waals surface area contributed by atoms with E-state index in [1.54, 1.807) is 6.33 Å². The summed E-state index contributed by atoms with van der Waals surface area (Å²) in [5.74, 6) is 2.56. The quantitative estimate of drug-likeness (QED) is 0.916. The number of benzene rings is 1. The standard InChI is InChI=1S/C17H22N4O2/c1-13(2)23-15-5-3-14(4-6-15)20-16-11-17(19-12-18-16)21-7-9-22-10-8-21/h3-6,11-13H,7-10H2,1-2H3,(H,18,19,20). The van der Waals surface area contributed by atoms with Gasteiger partial charge in [0.15, 0.2) is 0 Å².